The Kier molecular flexibility index (Phi) is 5.38. The number of para-hydroxylation sites is 1. The molecule has 0 saturated carbocycles. The zero-order chi connectivity index (χ0) is 11.8. The highest BCUT2D eigenvalue weighted by Crippen LogP contribution is 2.24. The van der Waals surface area contributed by atoms with Gasteiger partial charge in [0.2, 0.25) is 0 Å². The van der Waals surface area contributed by atoms with Crippen LogP contribution in [0.15, 0.2) is 24.3 Å². The smallest absolute Gasteiger partial charge is 0.123 e. The number of nitrogens with zero attached hydrogens (tertiary/aromatic N) is 1. The number of nitrogens with one attached hydrogen (secondary N) is 1. The second kappa shape index (κ2) is 6.86. The van der Waals surface area contributed by atoms with Gasteiger partial charge in [-0.05, 0) is 26.0 Å². The Morgan fingerprint density at radius 2 is 2.19 bits per heavy atom. The van der Waals surface area contributed by atoms with Crippen LogP contribution in [-0.2, 0) is 0 Å². The molecule has 0 aromatic heterocycles. The average molecular weight is 218 g/mol. The van der Waals surface area contributed by atoms with Crippen molar-refractivity contribution < 1.29 is 4.74 Å². The van der Waals surface area contributed by atoms with Gasteiger partial charge in [-0.2, -0.15) is 5.26 Å². The van der Waals surface area contributed by atoms with Crippen molar-refractivity contribution in [3.63, 3.8) is 0 Å². The van der Waals surface area contributed by atoms with Crippen LogP contribution < -0.4 is 10.1 Å². The van der Waals surface area contributed by atoms with E-state index in [1.807, 2.05) is 18.2 Å². The predicted octanol–water partition coefficient (Wildman–Crippen LogP) is 2.65. The van der Waals surface area contributed by atoms with E-state index < -0.39 is 0 Å². The van der Waals surface area contributed by atoms with Crippen molar-refractivity contribution in [1.82, 2.24) is 5.32 Å². The topological polar surface area (TPSA) is 45.0 Å². The Bertz CT molecular complexity index is 357. The van der Waals surface area contributed by atoms with E-state index in [1.165, 1.54) is 0 Å². The van der Waals surface area contributed by atoms with Crippen LogP contribution in [-0.4, -0.2) is 13.7 Å². The lowest BCUT2D eigenvalue weighted by Crippen LogP contribution is -2.20. The first-order valence-electron chi connectivity index (χ1n) is 5.53. The van der Waals surface area contributed by atoms with Gasteiger partial charge < -0.3 is 10.1 Å². The fourth-order valence-electron chi connectivity index (χ4n) is 1.62. The second-order valence-electron chi connectivity index (χ2n) is 3.68. The second-order valence-corrected chi connectivity index (χ2v) is 3.68. The zero-order valence-electron chi connectivity index (χ0n) is 9.86. The molecule has 16 heavy (non-hydrogen) atoms. The lowest BCUT2D eigenvalue weighted by Gasteiger charge is -2.16. The van der Waals surface area contributed by atoms with Crippen LogP contribution in [0.3, 0.4) is 0 Å². The maximum Gasteiger partial charge on any atom is 0.123 e. The molecular weight excluding hydrogens is 200 g/mol. The third kappa shape index (κ3) is 3.56. The number of unbranched alkanes of at least 4 members (excludes halogenated alkanes) is 1. The van der Waals surface area contributed by atoms with Gasteiger partial charge in [-0.15, -0.1) is 0 Å². The number of hydrogen-bond donors (Lipinski definition) is 1. The number of nitriles is 1. The molecule has 0 bridgehead atoms. The van der Waals surface area contributed by atoms with E-state index in [2.05, 4.69) is 24.4 Å². The largest absolute Gasteiger partial charge is 0.496 e. The van der Waals surface area contributed by atoms with E-state index >= 15 is 0 Å². The summed E-state index contributed by atoms with van der Waals surface area (Å²) in [6.45, 7) is 2.96. The average Bonchev–Trinajstić information content (AvgIpc) is 2.34. The SMILES string of the molecule is COc1ccccc1[C@H](C)NCCCC#N. The molecular formula is C13H18N2O. The van der Waals surface area contributed by atoms with Gasteiger partial charge in [0.05, 0.1) is 13.2 Å². The van der Waals surface area contributed by atoms with Gasteiger partial charge >= 0.3 is 0 Å². The van der Waals surface area contributed by atoms with E-state index in [4.69, 9.17) is 10.00 Å². The zero-order valence-corrected chi connectivity index (χ0v) is 9.86. The number of methoxy groups -OCH3 is 1. The van der Waals surface area contributed by atoms with E-state index in [9.17, 15) is 0 Å². The van der Waals surface area contributed by atoms with Crippen molar-refractivity contribution in [3.05, 3.63) is 29.8 Å². The molecule has 1 aromatic carbocycles. The van der Waals surface area contributed by atoms with Crippen molar-refractivity contribution in [2.45, 2.75) is 25.8 Å². The van der Waals surface area contributed by atoms with Gasteiger partial charge in [-0.25, -0.2) is 0 Å². The quantitative estimate of drug-likeness (QED) is 0.746. The lowest BCUT2D eigenvalue weighted by molar-refractivity contribution is 0.401. The van der Waals surface area contributed by atoms with Crippen molar-refractivity contribution in [2.75, 3.05) is 13.7 Å². The van der Waals surface area contributed by atoms with E-state index in [1.54, 1.807) is 7.11 Å². The fraction of sp³-hybridized carbons (Fsp3) is 0.462. The summed E-state index contributed by atoms with van der Waals surface area (Å²) >= 11 is 0. The van der Waals surface area contributed by atoms with E-state index in [0.29, 0.717) is 6.42 Å². The summed E-state index contributed by atoms with van der Waals surface area (Å²) in [5.74, 6) is 0.905. The molecule has 3 nitrogen and oxygen atoms in total. The van der Waals surface area contributed by atoms with E-state index in [-0.39, 0.29) is 6.04 Å². The lowest BCUT2D eigenvalue weighted by atomic mass is 10.1. The van der Waals surface area contributed by atoms with Crippen LogP contribution >= 0.6 is 0 Å². The fourth-order valence-corrected chi connectivity index (χ4v) is 1.62. The van der Waals surface area contributed by atoms with Gasteiger partial charge in [0.15, 0.2) is 0 Å². The van der Waals surface area contributed by atoms with Crippen molar-refractivity contribution in [3.8, 4) is 11.8 Å². The molecule has 1 atom stereocenters. The molecule has 3 heteroatoms. The highest BCUT2D eigenvalue weighted by Gasteiger charge is 2.09. The summed E-state index contributed by atoms with van der Waals surface area (Å²) in [5, 5.41) is 11.8. The predicted molar refractivity (Wildman–Crippen MR) is 64.3 cm³/mol. The van der Waals surface area contributed by atoms with Crippen LogP contribution in [0.1, 0.15) is 31.4 Å². The summed E-state index contributed by atoms with van der Waals surface area (Å²) in [7, 11) is 1.68. The first kappa shape index (κ1) is 12.5. The minimum Gasteiger partial charge on any atom is -0.496 e. The maximum absolute atomic E-state index is 8.43. The molecule has 0 fully saturated rings. The Morgan fingerprint density at radius 1 is 1.44 bits per heavy atom. The molecule has 0 aliphatic heterocycles. The van der Waals surface area contributed by atoms with Crippen LogP contribution in [0.2, 0.25) is 0 Å². The van der Waals surface area contributed by atoms with Gasteiger partial charge in [-0.3, -0.25) is 0 Å². The molecule has 0 unspecified atom stereocenters. The molecule has 1 rings (SSSR count). The van der Waals surface area contributed by atoms with Crippen LogP contribution in [0.5, 0.6) is 5.75 Å². The summed E-state index contributed by atoms with van der Waals surface area (Å²) in [5.41, 5.74) is 1.15. The molecule has 0 aliphatic carbocycles. The van der Waals surface area contributed by atoms with Gasteiger partial charge in [0.25, 0.3) is 0 Å². The van der Waals surface area contributed by atoms with Crippen molar-refractivity contribution in [2.24, 2.45) is 0 Å². The van der Waals surface area contributed by atoms with Gasteiger partial charge in [0, 0.05) is 18.0 Å². The van der Waals surface area contributed by atoms with Crippen molar-refractivity contribution in [1.29, 1.82) is 5.26 Å². The highest BCUT2D eigenvalue weighted by atomic mass is 16.5. The number of rotatable bonds is 6. The first-order chi connectivity index (χ1) is 7.79. The highest BCUT2D eigenvalue weighted by molar-refractivity contribution is 5.35. The van der Waals surface area contributed by atoms with Crippen LogP contribution in [0.25, 0.3) is 0 Å². The Hall–Kier alpha value is -1.53. The maximum atomic E-state index is 8.43. The molecule has 0 saturated heterocycles. The third-order valence-electron chi connectivity index (χ3n) is 2.52. The van der Waals surface area contributed by atoms with Crippen molar-refractivity contribution >= 4 is 0 Å². The van der Waals surface area contributed by atoms with Crippen LogP contribution in [0, 0.1) is 11.3 Å². The van der Waals surface area contributed by atoms with Gasteiger partial charge in [-0.1, -0.05) is 18.2 Å². The number of ether oxygens (including phenoxy) is 1. The summed E-state index contributed by atoms with van der Waals surface area (Å²) in [6.07, 6.45) is 1.49. The molecule has 86 valence electrons. The molecule has 0 heterocycles. The molecule has 0 spiro atoms. The Morgan fingerprint density at radius 3 is 2.88 bits per heavy atom. The third-order valence-corrected chi connectivity index (χ3v) is 2.52. The molecule has 1 aromatic rings. The first-order valence-corrected chi connectivity index (χ1v) is 5.53. The van der Waals surface area contributed by atoms with Crippen LogP contribution in [0.4, 0.5) is 0 Å². The standard InChI is InChI=1S/C13H18N2O/c1-11(15-10-6-5-9-14)12-7-3-4-8-13(12)16-2/h3-4,7-8,11,15H,5-6,10H2,1-2H3/t11-/m0/s1. The molecule has 0 amide bonds. The minimum atomic E-state index is 0.245. The van der Waals surface area contributed by atoms with Gasteiger partial charge in [0.1, 0.15) is 5.75 Å². The Balaban J connectivity index is 2.52. The Labute approximate surface area is 97.0 Å². The van der Waals surface area contributed by atoms with E-state index in [0.717, 1.165) is 24.3 Å². The monoisotopic (exact) mass is 218 g/mol. The number of hydrogen-bond acceptors (Lipinski definition) is 3. The summed E-state index contributed by atoms with van der Waals surface area (Å²) < 4.78 is 5.30. The number of benzene rings is 1. The minimum absolute atomic E-state index is 0.245. The summed E-state index contributed by atoms with van der Waals surface area (Å²) in [4.78, 5) is 0. The summed E-state index contributed by atoms with van der Waals surface area (Å²) in [6, 6.07) is 10.4. The normalized spacial score (nSPS) is 11.8. The molecule has 0 aliphatic rings. The molecule has 1 N–H and O–H groups in total. The molecule has 0 radical (unpaired) electrons.